The van der Waals surface area contributed by atoms with Crippen molar-refractivity contribution in [1.82, 2.24) is 0 Å². The summed E-state index contributed by atoms with van der Waals surface area (Å²) in [6.07, 6.45) is 58.2. The number of unbranched alkanes of at least 4 members (excludes halogenated alkanes) is 40. The van der Waals surface area contributed by atoms with E-state index in [1.165, 1.54) is 231 Å². The average molecular weight is 948 g/mol. The highest BCUT2D eigenvalue weighted by atomic mass is 16.6. The molecule has 1 atom stereocenters. The zero-order valence-corrected chi connectivity index (χ0v) is 46.0. The summed E-state index contributed by atoms with van der Waals surface area (Å²) in [5.74, 6) is 0.816. The lowest BCUT2D eigenvalue weighted by Crippen LogP contribution is -2.30. The topological polar surface area (TPSA) is 78.9 Å². The van der Waals surface area contributed by atoms with Gasteiger partial charge in [0.2, 0.25) is 0 Å². The van der Waals surface area contributed by atoms with E-state index in [0.29, 0.717) is 19.3 Å². The highest BCUT2D eigenvalue weighted by Crippen LogP contribution is 2.18. The van der Waals surface area contributed by atoms with Crippen molar-refractivity contribution in [3.63, 3.8) is 0 Å². The fraction of sp³-hybridized carbons (Fsp3) is 0.951. The standard InChI is InChI=1S/C61H118O6/c1-6-7-8-9-10-11-12-13-14-17-21-24-27-30-36-41-46-51-59(62)65-54-58(55-66-60(63)52-47-42-37-33-32-35-40-45-50-57(4)5)67-61(64)53-48-43-38-31-28-25-22-19-16-15-18-20-23-26-29-34-39-44-49-56(2)3/h56-58H,6-55H2,1-5H3/t58-/m1/s1. The molecular weight excluding hydrogens is 829 g/mol. The smallest absolute Gasteiger partial charge is 0.306 e. The molecule has 0 amide bonds. The zero-order valence-electron chi connectivity index (χ0n) is 46.0. The van der Waals surface area contributed by atoms with Gasteiger partial charge in [0, 0.05) is 19.3 Å². The van der Waals surface area contributed by atoms with E-state index in [0.717, 1.165) is 69.6 Å². The molecule has 0 saturated carbocycles. The molecule has 398 valence electrons. The molecule has 0 aliphatic rings. The van der Waals surface area contributed by atoms with Crippen LogP contribution in [0.15, 0.2) is 0 Å². The van der Waals surface area contributed by atoms with Crippen molar-refractivity contribution in [2.24, 2.45) is 11.8 Å². The Bertz CT molecular complexity index is 1020. The van der Waals surface area contributed by atoms with Crippen LogP contribution in [0.25, 0.3) is 0 Å². The normalized spacial score (nSPS) is 12.0. The third kappa shape index (κ3) is 55.2. The van der Waals surface area contributed by atoms with E-state index in [2.05, 4.69) is 34.6 Å². The fourth-order valence-corrected chi connectivity index (χ4v) is 9.40. The monoisotopic (exact) mass is 947 g/mol. The Hall–Kier alpha value is -1.59. The van der Waals surface area contributed by atoms with Crippen LogP contribution in [0, 0.1) is 11.8 Å². The van der Waals surface area contributed by atoms with Crippen molar-refractivity contribution in [2.45, 2.75) is 349 Å². The van der Waals surface area contributed by atoms with E-state index in [-0.39, 0.29) is 31.1 Å². The van der Waals surface area contributed by atoms with Crippen molar-refractivity contribution in [2.75, 3.05) is 13.2 Å². The first-order chi connectivity index (χ1) is 32.7. The van der Waals surface area contributed by atoms with Gasteiger partial charge in [0.15, 0.2) is 6.10 Å². The van der Waals surface area contributed by atoms with E-state index in [1.807, 2.05) is 0 Å². The zero-order chi connectivity index (χ0) is 48.9. The van der Waals surface area contributed by atoms with Crippen LogP contribution >= 0.6 is 0 Å². The van der Waals surface area contributed by atoms with Crippen LogP contribution in [0.5, 0.6) is 0 Å². The first-order valence-electron chi connectivity index (χ1n) is 30.2. The lowest BCUT2D eigenvalue weighted by atomic mass is 10.0. The Morgan fingerprint density at radius 3 is 0.731 bits per heavy atom. The molecule has 0 rings (SSSR count). The molecule has 0 unspecified atom stereocenters. The maximum absolute atomic E-state index is 12.9. The molecule has 0 heterocycles. The molecule has 0 fully saturated rings. The minimum Gasteiger partial charge on any atom is -0.462 e. The predicted octanol–water partition coefficient (Wildman–Crippen LogP) is 20.0. The molecule has 0 saturated heterocycles. The number of esters is 3. The van der Waals surface area contributed by atoms with Gasteiger partial charge in [0.05, 0.1) is 0 Å². The van der Waals surface area contributed by atoms with Crippen molar-refractivity contribution in [3.8, 4) is 0 Å². The number of hydrogen-bond donors (Lipinski definition) is 0. The first-order valence-corrected chi connectivity index (χ1v) is 30.2. The second-order valence-corrected chi connectivity index (χ2v) is 21.9. The number of hydrogen-bond acceptors (Lipinski definition) is 6. The third-order valence-corrected chi connectivity index (χ3v) is 14.0. The largest absolute Gasteiger partial charge is 0.462 e. The van der Waals surface area contributed by atoms with Crippen LogP contribution in [-0.4, -0.2) is 37.2 Å². The first kappa shape index (κ1) is 65.4. The maximum atomic E-state index is 12.9. The fourth-order valence-electron chi connectivity index (χ4n) is 9.40. The highest BCUT2D eigenvalue weighted by Gasteiger charge is 2.19. The van der Waals surface area contributed by atoms with Gasteiger partial charge in [-0.05, 0) is 31.1 Å². The second kappa shape index (κ2) is 53.8. The summed E-state index contributed by atoms with van der Waals surface area (Å²) in [6.45, 7) is 11.4. The van der Waals surface area contributed by atoms with Crippen LogP contribution in [0.4, 0.5) is 0 Å². The van der Waals surface area contributed by atoms with Crippen LogP contribution in [0.3, 0.4) is 0 Å². The van der Waals surface area contributed by atoms with E-state index in [9.17, 15) is 14.4 Å². The molecule has 0 N–H and O–H groups in total. The van der Waals surface area contributed by atoms with Gasteiger partial charge in [-0.3, -0.25) is 14.4 Å². The molecule has 0 spiro atoms. The van der Waals surface area contributed by atoms with Gasteiger partial charge in [-0.25, -0.2) is 0 Å². The molecule has 6 nitrogen and oxygen atoms in total. The van der Waals surface area contributed by atoms with Gasteiger partial charge in [0.1, 0.15) is 13.2 Å². The molecule has 6 heteroatoms. The summed E-state index contributed by atoms with van der Waals surface area (Å²) >= 11 is 0. The van der Waals surface area contributed by atoms with Crippen molar-refractivity contribution < 1.29 is 28.6 Å². The summed E-state index contributed by atoms with van der Waals surface area (Å²) in [7, 11) is 0. The van der Waals surface area contributed by atoms with Gasteiger partial charge in [-0.2, -0.15) is 0 Å². The lowest BCUT2D eigenvalue weighted by molar-refractivity contribution is -0.167. The van der Waals surface area contributed by atoms with Crippen LogP contribution < -0.4 is 0 Å². The number of carbonyl (C=O) groups is 3. The molecule has 0 aromatic rings. The van der Waals surface area contributed by atoms with Gasteiger partial charge in [-0.1, -0.05) is 304 Å². The van der Waals surface area contributed by atoms with Crippen LogP contribution in [0.2, 0.25) is 0 Å². The molecule has 0 bridgehead atoms. The minimum absolute atomic E-state index is 0.0627. The van der Waals surface area contributed by atoms with Crippen LogP contribution in [0.1, 0.15) is 343 Å². The Morgan fingerprint density at radius 1 is 0.284 bits per heavy atom. The van der Waals surface area contributed by atoms with E-state index in [4.69, 9.17) is 14.2 Å². The second-order valence-electron chi connectivity index (χ2n) is 21.9. The van der Waals surface area contributed by atoms with Crippen molar-refractivity contribution in [3.05, 3.63) is 0 Å². The summed E-state index contributed by atoms with van der Waals surface area (Å²) in [5.41, 5.74) is 0. The van der Waals surface area contributed by atoms with E-state index >= 15 is 0 Å². The highest BCUT2D eigenvalue weighted by molar-refractivity contribution is 5.71. The van der Waals surface area contributed by atoms with Crippen molar-refractivity contribution >= 4 is 17.9 Å². The predicted molar refractivity (Wildman–Crippen MR) is 289 cm³/mol. The summed E-state index contributed by atoms with van der Waals surface area (Å²) in [6, 6.07) is 0. The number of ether oxygens (including phenoxy) is 3. The molecule has 67 heavy (non-hydrogen) atoms. The Kier molecular flexibility index (Phi) is 52.5. The molecule has 0 aliphatic heterocycles. The average Bonchev–Trinajstić information content (AvgIpc) is 3.30. The molecular formula is C61H118O6. The third-order valence-electron chi connectivity index (χ3n) is 14.0. The molecule has 0 radical (unpaired) electrons. The summed E-state index contributed by atoms with van der Waals surface area (Å²) in [4.78, 5) is 38.2. The lowest BCUT2D eigenvalue weighted by Gasteiger charge is -2.18. The maximum Gasteiger partial charge on any atom is 0.306 e. The summed E-state index contributed by atoms with van der Waals surface area (Å²) in [5, 5.41) is 0. The molecule has 0 aliphatic carbocycles. The number of carbonyl (C=O) groups excluding carboxylic acids is 3. The molecule has 0 aromatic carbocycles. The van der Waals surface area contributed by atoms with Crippen LogP contribution in [-0.2, 0) is 28.6 Å². The minimum atomic E-state index is -0.763. The van der Waals surface area contributed by atoms with E-state index < -0.39 is 6.10 Å². The Balaban J connectivity index is 4.23. The van der Waals surface area contributed by atoms with Gasteiger partial charge < -0.3 is 14.2 Å². The Labute approximate surface area is 418 Å². The summed E-state index contributed by atoms with van der Waals surface area (Å²) < 4.78 is 16.9. The van der Waals surface area contributed by atoms with E-state index in [1.54, 1.807) is 0 Å². The van der Waals surface area contributed by atoms with Gasteiger partial charge >= 0.3 is 17.9 Å². The van der Waals surface area contributed by atoms with Gasteiger partial charge in [0.25, 0.3) is 0 Å². The number of rotatable bonds is 55. The quantitative estimate of drug-likeness (QED) is 0.0343. The Morgan fingerprint density at radius 2 is 0.493 bits per heavy atom. The molecule has 0 aromatic heterocycles. The van der Waals surface area contributed by atoms with Crippen molar-refractivity contribution in [1.29, 1.82) is 0 Å². The van der Waals surface area contributed by atoms with Gasteiger partial charge in [-0.15, -0.1) is 0 Å². The SMILES string of the molecule is CCCCCCCCCCCCCCCCCCCC(=O)OC[C@H](COC(=O)CCCCCCCCCCC(C)C)OC(=O)CCCCCCCCCCCCCCCCCCCCC(C)C.